The largest absolute Gasteiger partial charge is 0.456 e. The molecule has 0 aliphatic heterocycles. The van der Waals surface area contributed by atoms with Gasteiger partial charge in [-0.05, 0) is 31.4 Å². The molecule has 2 rings (SSSR count). The van der Waals surface area contributed by atoms with E-state index in [2.05, 4.69) is 5.32 Å². The number of nitrogens with one attached hydrogen (secondary N) is 1. The Morgan fingerprint density at radius 1 is 1.50 bits per heavy atom. The van der Waals surface area contributed by atoms with Gasteiger partial charge in [0.25, 0.3) is 5.91 Å². The SMILES string of the molecule is CCc1oc(C(=O)NC2CCCCC2O)cc1C. The first kappa shape index (κ1) is 13.1. The Hall–Kier alpha value is -1.29. The minimum Gasteiger partial charge on any atom is -0.456 e. The van der Waals surface area contributed by atoms with Crippen molar-refractivity contribution < 1.29 is 14.3 Å². The maximum atomic E-state index is 12.0. The van der Waals surface area contributed by atoms with Crippen LogP contribution >= 0.6 is 0 Å². The number of hydrogen-bond acceptors (Lipinski definition) is 3. The molecule has 2 atom stereocenters. The maximum Gasteiger partial charge on any atom is 0.287 e. The molecule has 1 amide bonds. The molecule has 0 radical (unpaired) electrons. The lowest BCUT2D eigenvalue weighted by molar-refractivity contribution is 0.0697. The summed E-state index contributed by atoms with van der Waals surface area (Å²) in [5.74, 6) is 0.982. The van der Waals surface area contributed by atoms with Crippen LogP contribution in [0.15, 0.2) is 10.5 Å². The van der Waals surface area contributed by atoms with Gasteiger partial charge in [0.1, 0.15) is 5.76 Å². The fourth-order valence-corrected chi connectivity index (χ4v) is 2.50. The van der Waals surface area contributed by atoms with E-state index >= 15 is 0 Å². The summed E-state index contributed by atoms with van der Waals surface area (Å²) in [5, 5.41) is 12.7. The Bertz CT molecular complexity index is 425. The molecule has 1 aromatic heterocycles. The van der Waals surface area contributed by atoms with E-state index in [-0.39, 0.29) is 11.9 Å². The predicted octanol–water partition coefficient (Wildman–Crippen LogP) is 2.18. The van der Waals surface area contributed by atoms with Gasteiger partial charge in [-0.2, -0.15) is 0 Å². The number of rotatable bonds is 3. The lowest BCUT2D eigenvalue weighted by Gasteiger charge is -2.27. The van der Waals surface area contributed by atoms with Gasteiger partial charge < -0.3 is 14.8 Å². The lowest BCUT2D eigenvalue weighted by atomic mass is 9.92. The van der Waals surface area contributed by atoms with Gasteiger partial charge in [-0.25, -0.2) is 0 Å². The highest BCUT2D eigenvalue weighted by atomic mass is 16.4. The number of aliphatic hydroxyl groups is 1. The van der Waals surface area contributed by atoms with E-state index in [1.807, 2.05) is 13.8 Å². The maximum absolute atomic E-state index is 12.0. The van der Waals surface area contributed by atoms with Crippen molar-refractivity contribution in [1.29, 1.82) is 0 Å². The summed E-state index contributed by atoms with van der Waals surface area (Å²) in [6.07, 6.45) is 4.05. The van der Waals surface area contributed by atoms with Gasteiger partial charge in [-0.3, -0.25) is 4.79 Å². The van der Waals surface area contributed by atoms with Crippen LogP contribution in [0.2, 0.25) is 0 Å². The van der Waals surface area contributed by atoms with E-state index in [0.29, 0.717) is 5.76 Å². The molecule has 1 fully saturated rings. The van der Waals surface area contributed by atoms with Gasteiger partial charge in [0.2, 0.25) is 0 Å². The Morgan fingerprint density at radius 3 is 2.83 bits per heavy atom. The zero-order valence-electron chi connectivity index (χ0n) is 11.0. The van der Waals surface area contributed by atoms with E-state index in [1.165, 1.54) is 0 Å². The first-order valence-corrected chi connectivity index (χ1v) is 6.70. The van der Waals surface area contributed by atoms with Crippen LogP contribution in [0.3, 0.4) is 0 Å². The van der Waals surface area contributed by atoms with Crippen molar-refractivity contribution in [1.82, 2.24) is 5.32 Å². The van der Waals surface area contributed by atoms with Crippen molar-refractivity contribution in [3.05, 3.63) is 23.2 Å². The number of carbonyl (C=O) groups is 1. The molecule has 1 aliphatic carbocycles. The van der Waals surface area contributed by atoms with Gasteiger partial charge in [-0.1, -0.05) is 19.8 Å². The molecule has 1 aliphatic rings. The third-order valence-corrected chi connectivity index (χ3v) is 3.61. The lowest BCUT2D eigenvalue weighted by Crippen LogP contribution is -2.44. The molecule has 0 spiro atoms. The summed E-state index contributed by atoms with van der Waals surface area (Å²) in [5.41, 5.74) is 1.01. The van der Waals surface area contributed by atoms with Crippen LogP contribution in [0.25, 0.3) is 0 Å². The number of carbonyl (C=O) groups excluding carboxylic acids is 1. The molecule has 4 heteroatoms. The highest BCUT2D eigenvalue weighted by Crippen LogP contribution is 2.20. The molecule has 2 unspecified atom stereocenters. The van der Waals surface area contributed by atoms with Crippen LogP contribution in [-0.2, 0) is 6.42 Å². The van der Waals surface area contributed by atoms with E-state index in [0.717, 1.165) is 43.4 Å². The Morgan fingerprint density at radius 2 is 2.22 bits per heavy atom. The molecule has 0 bridgehead atoms. The van der Waals surface area contributed by atoms with E-state index in [4.69, 9.17) is 4.42 Å². The minimum absolute atomic E-state index is 0.137. The molecule has 4 nitrogen and oxygen atoms in total. The first-order chi connectivity index (χ1) is 8.61. The number of furan rings is 1. The van der Waals surface area contributed by atoms with Crippen molar-refractivity contribution >= 4 is 5.91 Å². The standard InChI is InChI=1S/C14H21NO3/c1-3-12-9(2)8-13(18-12)14(17)15-10-6-4-5-7-11(10)16/h8,10-11,16H,3-7H2,1-2H3,(H,15,17). The summed E-state index contributed by atoms with van der Waals surface area (Å²) >= 11 is 0. The zero-order valence-corrected chi connectivity index (χ0v) is 11.0. The average Bonchev–Trinajstić information content (AvgIpc) is 2.73. The molecule has 1 aromatic rings. The quantitative estimate of drug-likeness (QED) is 0.865. The van der Waals surface area contributed by atoms with Gasteiger partial charge in [-0.15, -0.1) is 0 Å². The van der Waals surface area contributed by atoms with Gasteiger partial charge in [0.05, 0.1) is 12.1 Å². The second-order valence-corrected chi connectivity index (χ2v) is 5.00. The number of hydrogen-bond donors (Lipinski definition) is 2. The molecule has 2 N–H and O–H groups in total. The van der Waals surface area contributed by atoms with E-state index < -0.39 is 6.10 Å². The molecule has 18 heavy (non-hydrogen) atoms. The minimum atomic E-state index is -0.426. The summed E-state index contributed by atoms with van der Waals surface area (Å²) in [6, 6.07) is 1.63. The first-order valence-electron chi connectivity index (χ1n) is 6.70. The van der Waals surface area contributed by atoms with Crippen LogP contribution in [0.4, 0.5) is 0 Å². The Kier molecular flexibility index (Phi) is 4.07. The van der Waals surface area contributed by atoms with Crippen molar-refractivity contribution in [2.45, 2.75) is 58.1 Å². The van der Waals surface area contributed by atoms with Crippen molar-refractivity contribution in [2.24, 2.45) is 0 Å². The highest BCUT2D eigenvalue weighted by molar-refractivity contribution is 5.92. The van der Waals surface area contributed by atoms with Crippen LogP contribution in [0.1, 0.15) is 54.5 Å². The molecule has 1 saturated carbocycles. The van der Waals surface area contributed by atoms with Crippen LogP contribution in [0.5, 0.6) is 0 Å². The average molecular weight is 251 g/mol. The zero-order chi connectivity index (χ0) is 13.1. The van der Waals surface area contributed by atoms with Crippen molar-refractivity contribution in [2.75, 3.05) is 0 Å². The third-order valence-electron chi connectivity index (χ3n) is 3.61. The topological polar surface area (TPSA) is 62.5 Å². The monoisotopic (exact) mass is 251 g/mol. The van der Waals surface area contributed by atoms with Crippen LogP contribution in [-0.4, -0.2) is 23.2 Å². The van der Waals surface area contributed by atoms with Crippen molar-refractivity contribution in [3.63, 3.8) is 0 Å². The molecular formula is C14H21NO3. The second-order valence-electron chi connectivity index (χ2n) is 5.00. The molecule has 100 valence electrons. The Labute approximate surface area is 107 Å². The molecule has 0 aromatic carbocycles. The third kappa shape index (κ3) is 2.75. The Balaban J connectivity index is 2.02. The fourth-order valence-electron chi connectivity index (χ4n) is 2.50. The van der Waals surface area contributed by atoms with E-state index in [1.54, 1.807) is 6.07 Å². The second kappa shape index (κ2) is 5.57. The van der Waals surface area contributed by atoms with Crippen LogP contribution in [0, 0.1) is 6.92 Å². The summed E-state index contributed by atoms with van der Waals surface area (Å²) in [7, 11) is 0. The smallest absolute Gasteiger partial charge is 0.287 e. The van der Waals surface area contributed by atoms with Gasteiger partial charge in [0, 0.05) is 6.42 Å². The number of aliphatic hydroxyl groups excluding tert-OH is 1. The fraction of sp³-hybridized carbons (Fsp3) is 0.643. The van der Waals surface area contributed by atoms with E-state index in [9.17, 15) is 9.90 Å². The molecule has 0 saturated heterocycles. The van der Waals surface area contributed by atoms with Crippen LogP contribution < -0.4 is 5.32 Å². The number of amides is 1. The summed E-state index contributed by atoms with van der Waals surface area (Å²) in [6.45, 7) is 3.94. The predicted molar refractivity (Wildman–Crippen MR) is 68.6 cm³/mol. The molecule has 1 heterocycles. The number of aryl methyl sites for hydroxylation is 2. The summed E-state index contributed by atoms with van der Waals surface area (Å²) < 4.78 is 5.51. The van der Waals surface area contributed by atoms with Crippen molar-refractivity contribution in [3.8, 4) is 0 Å². The normalized spacial score (nSPS) is 23.9. The van der Waals surface area contributed by atoms with Gasteiger partial charge >= 0.3 is 0 Å². The molecular weight excluding hydrogens is 230 g/mol. The van der Waals surface area contributed by atoms with Gasteiger partial charge in [0.15, 0.2) is 5.76 Å². The summed E-state index contributed by atoms with van der Waals surface area (Å²) in [4.78, 5) is 12.0. The highest BCUT2D eigenvalue weighted by Gasteiger charge is 2.26.